The summed E-state index contributed by atoms with van der Waals surface area (Å²) in [6, 6.07) is 10.4. The van der Waals surface area contributed by atoms with Crippen LogP contribution in [0.15, 0.2) is 53.3 Å². The number of nitrogens with zero attached hydrogens (tertiary/aromatic N) is 2. The molecule has 7 heteroatoms. The van der Waals surface area contributed by atoms with Crippen molar-refractivity contribution in [2.75, 3.05) is 0 Å². The Morgan fingerprint density at radius 1 is 1.00 bits per heavy atom. The van der Waals surface area contributed by atoms with Crippen molar-refractivity contribution < 1.29 is 18.3 Å². The van der Waals surface area contributed by atoms with E-state index in [2.05, 4.69) is 5.10 Å². The molecule has 0 atom stereocenters. The van der Waals surface area contributed by atoms with Crippen LogP contribution in [0.1, 0.15) is 5.56 Å². The predicted molar refractivity (Wildman–Crippen MR) is 74.0 cm³/mol. The number of benzene rings is 2. The normalized spacial score (nSPS) is 11.8. The van der Waals surface area contributed by atoms with Gasteiger partial charge in [-0.15, -0.1) is 5.10 Å². The fraction of sp³-hybridized carbons (Fsp3) is 0.0667. The summed E-state index contributed by atoms with van der Waals surface area (Å²) in [4.78, 5) is 12.4. The highest BCUT2D eigenvalue weighted by Crippen LogP contribution is 2.30. The molecule has 3 aromatic rings. The van der Waals surface area contributed by atoms with Gasteiger partial charge in [0.25, 0.3) is 5.56 Å². The third-order valence-electron chi connectivity index (χ3n) is 3.20. The van der Waals surface area contributed by atoms with Crippen molar-refractivity contribution in [2.45, 2.75) is 6.18 Å². The van der Waals surface area contributed by atoms with E-state index in [0.717, 1.165) is 16.8 Å². The number of alkyl halides is 3. The number of aromatic nitrogens is 2. The molecule has 0 radical (unpaired) electrons. The first kappa shape index (κ1) is 14.1. The molecule has 0 saturated carbocycles. The minimum atomic E-state index is -4.53. The molecule has 0 unspecified atom stereocenters. The van der Waals surface area contributed by atoms with Gasteiger partial charge in [0.1, 0.15) is 0 Å². The van der Waals surface area contributed by atoms with Gasteiger partial charge in [0.2, 0.25) is 5.88 Å². The van der Waals surface area contributed by atoms with E-state index < -0.39 is 23.2 Å². The zero-order valence-electron chi connectivity index (χ0n) is 11.0. The minimum Gasteiger partial charge on any atom is -0.492 e. The lowest BCUT2D eigenvalue weighted by molar-refractivity contribution is -0.137. The second-order valence-electron chi connectivity index (χ2n) is 4.63. The second kappa shape index (κ2) is 4.87. The van der Waals surface area contributed by atoms with Crippen LogP contribution in [0.5, 0.6) is 5.88 Å². The molecule has 0 amide bonds. The van der Waals surface area contributed by atoms with Crippen molar-refractivity contribution in [1.29, 1.82) is 0 Å². The molecule has 4 nitrogen and oxygen atoms in total. The lowest BCUT2D eigenvalue weighted by Crippen LogP contribution is -2.21. The van der Waals surface area contributed by atoms with Crippen LogP contribution in [0.3, 0.4) is 0 Å². The molecule has 22 heavy (non-hydrogen) atoms. The van der Waals surface area contributed by atoms with Gasteiger partial charge in [-0.05, 0) is 30.3 Å². The Bertz CT molecular complexity index is 917. The van der Waals surface area contributed by atoms with E-state index in [-0.39, 0.29) is 16.5 Å². The molecule has 1 N–H and O–H groups in total. The Morgan fingerprint density at radius 3 is 2.36 bits per heavy atom. The summed E-state index contributed by atoms with van der Waals surface area (Å²) in [5.74, 6) is -0.424. The summed E-state index contributed by atoms with van der Waals surface area (Å²) in [7, 11) is 0. The van der Waals surface area contributed by atoms with Crippen LogP contribution in [0, 0.1) is 0 Å². The van der Waals surface area contributed by atoms with Crippen molar-refractivity contribution in [2.24, 2.45) is 0 Å². The van der Waals surface area contributed by atoms with Crippen LogP contribution in [0.4, 0.5) is 13.2 Å². The van der Waals surface area contributed by atoms with E-state index in [1.165, 1.54) is 24.3 Å². The first-order valence-electron chi connectivity index (χ1n) is 6.26. The van der Waals surface area contributed by atoms with Crippen molar-refractivity contribution in [3.8, 4) is 11.6 Å². The third-order valence-corrected chi connectivity index (χ3v) is 3.20. The molecule has 0 aliphatic heterocycles. The van der Waals surface area contributed by atoms with Crippen LogP contribution < -0.4 is 5.56 Å². The average molecular weight is 306 g/mol. The fourth-order valence-corrected chi connectivity index (χ4v) is 2.16. The van der Waals surface area contributed by atoms with Crippen LogP contribution in [0.2, 0.25) is 0 Å². The van der Waals surface area contributed by atoms with Gasteiger partial charge in [-0.2, -0.15) is 17.9 Å². The number of hydrogen-bond donors (Lipinski definition) is 1. The molecule has 0 aliphatic carbocycles. The van der Waals surface area contributed by atoms with Gasteiger partial charge in [0, 0.05) is 0 Å². The maximum atomic E-state index is 12.8. The maximum absolute atomic E-state index is 12.8. The summed E-state index contributed by atoms with van der Waals surface area (Å²) in [5.41, 5.74) is -1.57. The Labute approximate surface area is 122 Å². The highest BCUT2D eigenvalue weighted by molar-refractivity contribution is 5.85. The van der Waals surface area contributed by atoms with E-state index in [1.54, 1.807) is 12.1 Å². The number of aromatic hydroxyl groups is 1. The van der Waals surface area contributed by atoms with Crippen molar-refractivity contribution in [3.05, 3.63) is 64.4 Å². The number of fused-ring (bicyclic) bond motifs is 1. The van der Waals surface area contributed by atoms with Crippen LogP contribution in [-0.4, -0.2) is 14.9 Å². The zero-order valence-corrected chi connectivity index (χ0v) is 11.0. The Hall–Kier alpha value is -2.83. The second-order valence-corrected chi connectivity index (χ2v) is 4.63. The van der Waals surface area contributed by atoms with E-state index in [1.807, 2.05) is 0 Å². The molecular weight excluding hydrogens is 297 g/mol. The monoisotopic (exact) mass is 306 g/mol. The van der Waals surface area contributed by atoms with Gasteiger partial charge in [-0.25, -0.2) is 0 Å². The summed E-state index contributed by atoms with van der Waals surface area (Å²) < 4.78 is 39.0. The first-order chi connectivity index (χ1) is 10.4. The summed E-state index contributed by atoms with van der Waals surface area (Å²) in [6.45, 7) is 0. The van der Waals surface area contributed by atoms with Crippen molar-refractivity contribution in [1.82, 2.24) is 9.78 Å². The molecule has 0 spiro atoms. The van der Waals surface area contributed by atoms with Gasteiger partial charge in [-0.3, -0.25) is 4.79 Å². The number of hydrogen-bond acceptors (Lipinski definition) is 3. The SMILES string of the molecule is O=c1c2ccccc2c(O)nn1-c1cccc(C(F)(F)F)c1. The van der Waals surface area contributed by atoms with E-state index >= 15 is 0 Å². The molecule has 0 fully saturated rings. The Kier molecular flexibility index (Phi) is 3.13. The molecule has 3 rings (SSSR count). The van der Waals surface area contributed by atoms with Crippen molar-refractivity contribution >= 4 is 10.8 Å². The average Bonchev–Trinajstić information content (AvgIpc) is 2.50. The lowest BCUT2D eigenvalue weighted by atomic mass is 10.1. The molecular formula is C15H9F3N2O2. The van der Waals surface area contributed by atoms with Crippen LogP contribution >= 0.6 is 0 Å². The molecule has 0 aliphatic rings. The molecule has 2 aromatic carbocycles. The van der Waals surface area contributed by atoms with Crippen molar-refractivity contribution in [3.63, 3.8) is 0 Å². The summed E-state index contributed by atoms with van der Waals surface area (Å²) in [6.07, 6.45) is -4.53. The molecule has 1 heterocycles. The number of halogens is 3. The molecule has 0 bridgehead atoms. The molecule has 1 aromatic heterocycles. The Morgan fingerprint density at radius 2 is 1.68 bits per heavy atom. The quantitative estimate of drug-likeness (QED) is 0.751. The van der Waals surface area contributed by atoms with Gasteiger partial charge in [-0.1, -0.05) is 18.2 Å². The van der Waals surface area contributed by atoms with Gasteiger partial charge in [0.05, 0.1) is 22.0 Å². The molecule has 112 valence electrons. The maximum Gasteiger partial charge on any atom is 0.416 e. The highest BCUT2D eigenvalue weighted by Gasteiger charge is 2.30. The van der Waals surface area contributed by atoms with E-state index in [9.17, 15) is 23.1 Å². The predicted octanol–water partition coefficient (Wildman–Crippen LogP) is 3.11. The number of rotatable bonds is 1. The summed E-state index contributed by atoms with van der Waals surface area (Å²) in [5, 5.41) is 14.0. The first-order valence-corrected chi connectivity index (χ1v) is 6.26. The van der Waals surface area contributed by atoms with Gasteiger partial charge >= 0.3 is 6.18 Å². The largest absolute Gasteiger partial charge is 0.492 e. The Balaban J connectivity index is 2.28. The topological polar surface area (TPSA) is 55.1 Å². The zero-order chi connectivity index (χ0) is 15.9. The fourth-order valence-electron chi connectivity index (χ4n) is 2.16. The van der Waals surface area contributed by atoms with Crippen LogP contribution in [0.25, 0.3) is 16.5 Å². The molecule has 0 saturated heterocycles. The smallest absolute Gasteiger partial charge is 0.416 e. The van der Waals surface area contributed by atoms with Gasteiger partial charge in [0.15, 0.2) is 0 Å². The summed E-state index contributed by atoms with van der Waals surface area (Å²) >= 11 is 0. The van der Waals surface area contributed by atoms with Gasteiger partial charge < -0.3 is 5.11 Å². The third kappa shape index (κ3) is 2.30. The van der Waals surface area contributed by atoms with Crippen LogP contribution in [-0.2, 0) is 6.18 Å². The standard InChI is InChI=1S/C15H9F3N2O2/c16-15(17,18)9-4-3-5-10(8-9)20-14(22)12-7-2-1-6-11(12)13(21)19-20/h1-8H,(H,19,21). The van der Waals surface area contributed by atoms with E-state index in [0.29, 0.717) is 0 Å². The lowest BCUT2D eigenvalue weighted by Gasteiger charge is -2.10. The highest BCUT2D eigenvalue weighted by atomic mass is 19.4. The minimum absolute atomic E-state index is 0.0686. The van der Waals surface area contributed by atoms with E-state index in [4.69, 9.17) is 0 Å².